The van der Waals surface area contributed by atoms with Gasteiger partial charge in [0.25, 0.3) is 0 Å². The molecule has 112 valence electrons. The molecule has 0 atom stereocenters. The van der Waals surface area contributed by atoms with E-state index in [0.29, 0.717) is 11.5 Å². The summed E-state index contributed by atoms with van der Waals surface area (Å²) < 4.78 is 11.5. The van der Waals surface area contributed by atoms with E-state index in [9.17, 15) is 4.79 Å². The van der Waals surface area contributed by atoms with Crippen LogP contribution in [0.4, 0.5) is 0 Å². The van der Waals surface area contributed by atoms with Gasteiger partial charge in [-0.15, -0.1) is 11.3 Å². The SMILES string of the molecule is CC.CO.COc1cc2sc(C=O)c(C)c2cc1OC. The average Bonchev–Trinajstić information content (AvgIpc) is 2.85. The predicted octanol–water partition coefficient (Wildman–Crippen LogP) is 3.67. The number of aldehydes is 1. The molecule has 2 aromatic rings. The molecule has 1 heterocycles. The molecule has 0 saturated heterocycles. The Labute approximate surface area is 124 Å². The van der Waals surface area contributed by atoms with Crippen molar-refractivity contribution in [1.82, 2.24) is 0 Å². The lowest BCUT2D eigenvalue weighted by Gasteiger charge is -2.07. The van der Waals surface area contributed by atoms with Gasteiger partial charge in [-0.05, 0) is 18.6 Å². The van der Waals surface area contributed by atoms with Gasteiger partial charge in [-0.25, -0.2) is 0 Å². The summed E-state index contributed by atoms with van der Waals surface area (Å²) in [7, 11) is 4.21. The molecule has 0 aliphatic heterocycles. The zero-order valence-corrected chi connectivity index (χ0v) is 13.6. The second kappa shape index (κ2) is 9.34. The third kappa shape index (κ3) is 3.71. The molecule has 4 nitrogen and oxygen atoms in total. The molecule has 0 amide bonds. The van der Waals surface area contributed by atoms with Gasteiger partial charge in [0, 0.05) is 23.3 Å². The first-order valence-corrected chi connectivity index (χ1v) is 7.08. The molecule has 0 unspecified atom stereocenters. The van der Waals surface area contributed by atoms with Gasteiger partial charge in [0.15, 0.2) is 17.8 Å². The van der Waals surface area contributed by atoms with Gasteiger partial charge in [0.1, 0.15) is 0 Å². The maximum Gasteiger partial charge on any atom is 0.162 e. The fourth-order valence-electron chi connectivity index (χ4n) is 1.68. The summed E-state index contributed by atoms with van der Waals surface area (Å²) >= 11 is 1.47. The summed E-state index contributed by atoms with van der Waals surface area (Å²) in [6.07, 6.45) is 0.888. The maximum absolute atomic E-state index is 10.9. The first kappa shape index (κ1) is 18.4. The molecular weight excluding hydrogens is 276 g/mol. The third-order valence-corrected chi connectivity index (χ3v) is 3.77. The lowest BCUT2D eigenvalue weighted by Crippen LogP contribution is -1.89. The Morgan fingerprint density at radius 2 is 1.60 bits per heavy atom. The largest absolute Gasteiger partial charge is 0.493 e. The summed E-state index contributed by atoms with van der Waals surface area (Å²) in [6.45, 7) is 5.94. The Kier molecular flexibility index (Phi) is 8.59. The Morgan fingerprint density at radius 1 is 1.10 bits per heavy atom. The number of aliphatic hydroxyl groups is 1. The molecule has 0 saturated carbocycles. The van der Waals surface area contributed by atoms with Crippen molar-refractivity contribution in [3.63, 3.8) is 0 Å². The van der Waals surface area contributed by atoms with Gasteiger partial charge >= 0.3 is 0 Å². The molecule has 5 heteroatoms. The zero-order valence-electron chi connectivity index (χ0n) is 12.8. The van der Waals surface area contributed by atoms with Crippen LogP contribution in [-0.4, -0.2) is 32.7 Å². The number of ether oxygens (including phenoxy) is 2. The number of thiophene rings is 1. The number of benzene rings is 1. The standard InChI is InChI=1S/C12H12O3S.C2H6.CH4O/c1-7-8-4-9(14-2)10(15-3)5-11(8)16-12(7)6-13;2*1-2/h4-6H,1-3H3;1-2H3;2H,1H3. The number of hydrogen-bond donors (Lipinski definition) is 1. The molecule has 1 aromatic carbocycles. The average molecular weight is 298 g/mol. The van der Waals surface area contributed by atoms with Crippen molar-refractivity contribution in [2.24, 2.45) is 0 Å². The Hall–Kier alpha value is -1.59. The van der Waals surface area contributed by atoms with Gasteiger partial charge in [0.2, 0.25) is 0 Å². The number of aliphatic hydroxyl groups excluding tert-OH is 1. The van der Waals surface area contributed by atoms with Crippen LogP contribution in [0.25, 0.3) is 10.1 Å². The van der Waals surface area contributed by atoms with Crippen molar-refractivity contribution in [3.8, 4) is 11.5 Å². The summed E-state index contributed by atoms with van der Waals surface area (Å²) in [5.74, 6) is 1.38. The monoisotopic (exact) mass is 298 g/mol. The molecule has 0 aliphatic rings. The first-order chi connectivity index (χ1) is 9.71. The van der Waals surface area contributed by atoms with Gasteiger partial charge in [-0.1, -0.05) is 13.8 Å². The Morgan fingerprint density at radius 3 is 2.05 bits per heavy atom. The van der Waals surface area contributed by atoms with Crippen molar-refractivity contribution in [2.75, 3.05) is 21.3 Å². The fourth-order valence-corrected chi connectivity index (χ4v) is 2.71. The van der Waals surface area contributed by atoms with Crippen molar-refractivity contribution in [3.05, 3.63) is 22.6 Å². The highest BCUT2D eigenvalue weighted by Gasteiger charge is 2.12. The van der Waals surface area contributed by atoms with Crippen LogP contribution < -0.4 is 9.47 Å². The van der Waals surface area contributed by atoms with Crippen LogP contribution in [0.2, 0.25) is 0 Å². The van der Waals surface area contributed by atoms with Gasteiger partial charge in [0.05, 0.1) is 19.1 Å². The first-order valence-electron chi connectivity index (χ1n) is 6.26. The maximum atomic E-state index is 10.9. The number of hydrogen-bond acceptors (Lipinski definition) is 5. The molecule has 2 rings (SSSR count). The van der Waals surface area contributed by atoms with Gasteiger partial charge in [-0.3, -0.25) is 4.79 Å². The molecule has 0 aliphatic carbocycles. The van der Waals surface area contributed by atoms with Crippen molar-refractivity contribution in [1.29, 1.82) is 0 Å². The Bertz CT molecular complexity index is 546. The van der Waals surface area contributed by atoms with Crippen LogP contribution in [0.15, 0.2) is 12.1 Å². The molecule has 0 radical (unpaired) electrons. The van der Waals surface area contributed by atoms with Crippen LogP contribution >= 0.6 is 11.3 Å². The van der Waals surface area contributed by atoms with Gasteiger partial charge < -0.3 is 14.6 Å². The third-order valence-electron chi connectivity index (χ3n) is 2.59. The highest BCUT2D eigenvalue weighted by molar-refractivity contribution is 7.20. The number of methoxy groups -OCH3 is 2. The van der Waals surface area contributed by atoms with E-state index in [1.165, 1.54) is 11.3 Å². The van der Waals surface area contributed by atoms with E-state index in [4.69, 9.17) is 14.6 Å². The highest BCUT2D eigenvalue weighted by Crippen LogP contribution is 2.38. The predicted molar refractivity (Wildman–Crippen MR) is 84.5 cm³/mol. The number of carbonyl (C=O) groups excluding carboxylic acids is 1. The molecule has 0 bridgehead atoms. The van der Waals surface area contributed by atoms with E-state index in [2.05, 4.69) is 0 Å². The molecular formula is C15H22O4S. The van der Waals surface area contributed by atoms with Crippen LogP contribution in [0.1, 0.15) is 29.1 Å². The summed E-state index contributed by atoms with van der Waals surface area (Å²) in [4.78, 5) is 11.6. The van der Waals surface area contributed by atoms with E-state index in [0.717, 1.165) is 33.9 Å². The van der Waals surface area contributed by atoms with E-state index in [-0.39, 0.29) is 0 Å². The summed E-state index contributed by atoms with van der Waals surface area (Å²) in [5.41, 5.74) is 0.996. The van der Waals surface area contributed by atoms with E-state index >= 15 is 0 Å². The van der Waals surface area contributed by atoms with Crippen molar-refractivity contribution in [2.45, 2.75) is 20.8 Å². The second-order valence-electron chi connectivity index (χ2n) is 3.41. The minimum Gasteiger partial charge on any atom is -0.493 e. The van der Waals surface area contributed by atoms with Crippen LogP contribution in [0.5, 0.6) is 11.5 Å². The van der Waals surface area contributed by atoms with Crippen LogP contribution in [-0.2, 0) is 0 Å². The molecule has 0 fully saturated rings. The van der Waals surface area contributed by atoms with Crippen LogP contribution in [0.3, 0.4) is 0 Å². The number of fused-ring (bicyclic) bond motifs is 1. The van der Waals surface area contributed by atoms with E-state index in [1.54, 1.807) is 14.2 Å². The Balaban J connectivity index is 0.000000829. The van der Waals surface area contributed by atoms with Crippen molar-refractivity contribution >= 4 is 27.7 Å². The lowest BCUT2D eigenvalue weighted by molar-refractivity contribution is 0.112. The van der Waals surface area contributed by atoms with Gasteiger partial charge in [-0.2, -0.15) is 0 Å². The minimum atomic E-state index is 0.688. The topological polar surface area (TPSA) is 55.8 Å². The highest BCUT2D eigenvalue weighted by atomic mass is 32.1. The quantitative estimate of drug-likeness (QED) is 0.878. The summed E-state index contributed by atoms with van der Waals surface area (Å²) in [6, 6.07) is 3.81. The number of carbonyl (C=O) groups is 1. The summed E-state index contributed by atoms with van der Waals surface area (Å²) in [5, 5.41) is 8.05. The van der Waals surface area contributed by atoms with Crippen LogP contribution in [0, 0.1) is 6.92 Å². The van der Waals surface area contributed by atoms with E-state index in [1.807, 2.05) is 32.9 Å². The molecule has 1 N–H and O–H groups in total. The molecule has 1 aromatic heterocycles. The lowest BCUT2D eigenvalue weighted by atomic mass is 10.1. The van der Waals surface area contributed by atoms with Crippen molar-refractivity contribution < 1.29 is 19.4 Å². The molecule has 0 spiro atoms. The number of aryl methyl sites for hydroxylation is 1. The normalized spacial score (nSPS) is 8.95. The number of rotatable bonds is 3. The molecule has 20 heavy (non-hydrogen) atoms. The smallest absolute Gasteiger partial charge is 0.162 e. The second-order valence-corrected chi connectivity index (χ2v) is 4.50. The zero-order chi connectivity index (χ0) is 15.7. The fraction of sp³-hybridized carbons (Fsp3) is 0.400. The minimum absolute atomic E-state index is 0.688. The van der Waals surface area contributed by atoms with E-state index < -0.39 is 0 Å².